The summed E-state index contributed by atoms with van der Waals surface area (Å²) in [6.45, 7) is 8.93. The van der Waals surface area contributed by atoms with E-state index in [2.05, 4.69) is 96.4 Å². The van der Waals surface area contributed by atoms with Crippen LogP contribution >= 0.6 is 0 Å². The number of benzene rings is 3. The molecule has 0 amide bonds. The lowest BCUT2D eigenvalue weighted by Crippen LogP contribution is -2.62. The van der Waals surface area contributed by atoms with Gasteiger partial charge in [-0.3, -0.25) is 9.80 Å². The smallest absolute Gasteiger partial charge is 0.160 e. The van der Waals surface area contributed by atoms with Gasteiger partial charge < -0.3 is 9.47 Å². The second-order valence-electron chi connectivity index (χ2n) is 9.54. The van der Waals surface area contributed by atoms with E-state index in [4.69, 9.17) is 9.47 Å². The maximum Gasteiger partial charge on any atom is 0.160 e. The first-order valence-corrected chi connectivity index (χ1v) is 12.4. The molecule has 1 heterocycles. The Labute approximate surface area is 205 Å². The lowest BCUT2D eigenvalue weighted by atomic mass is 9.86. The lowest BCUT2D eigenvalue weighted by molar-refractivity contribution is -0.00434. The molecule has 34 heavy (non-hydrogen) atoms. The molecule has 3 aromatic rings. The molecule has 1 atom stereocenters. The summed E-state index contributed by atoms with van der Waals surface area (Å²) in [5.74, 6) is 1.57. The molecule has 0 spiro atoms. The minimum absolute atomic E-state index is 0.00959. The highest BCUT2D eigenvalue weighted by molar-refractivity contribution is 5.43. The molecule has 1 aliphatic rings. The molecule has 0 bridgehead atoms. The summed E-state index contributed by atoms with van der Waals surface area (Å²) in [6, 6.07) is 28.5. The van der Waals surface area contributed by atoms with Crippen molar-refractivity contribution in [3.8, 4) is 11.5 Å². The van der Waals surface area contributed by atoms with Gasteiger partial charge in [-0.2, -0.15) is 0 Å². The molecule has 0 aromatic heterocycles. The first-order valence-electron chi connectivity index (χ1n) is 12.4. The highest BCUT2D eigenvalue weighted by Gasteiger charge is 2.40. The Morgan fingerprint density at radius 2 is 1.44 bits per heavy atom. The van der Waals surface area contributed by atoms with E-state index in [1.807, 2.05) is 6.07 Å². The summed E-state index contributed by atoms with van der Waals surface area (Å²) in [4.78, 5) is 5.37. The molecule has 4 heteroatoms. The van der Waals surface area contributed by atoms with Crippen LogP contribution in [0.4, 0.5) is 0 Å². The third-order valence-corrected chi connectivity index (χ3v) is 7.09. The van der Waals surface area contributed by atoms with Crippen LogP contribution in [0.5, 0.6) is 11.5 Å². The third-order valence-electron chi connectivity index (χ3n) is 7.09. The standard InChI is InChI=1S/C30H38N2O2/c1-5-18-32-20-19-31(29(25-12-8-6-9-13-25)26-14-10-7-11-15-26)23-30(32,2)22-24-16-17-27(33-3)28(21-24)34-4/h6-17,21,29H,5,18-20,22-23H2,1-4H3. The van der Waals surface area contributed by atoms with Crippen LogP contribution in [0.2, 0.25) is 0 Å². The van der Waals surface area contributed by atoms with Gasteiger partial charge in [-0.15, -0.1) is 0 Å². The summed E-state index contributed by atoms with van der Waals surface area (Å²) in [7, 11) is 3.40. The molecule has 3 aromatic carbocycles. The summed E-state index contributed by atoms with van der Waals surface area (Å²) < 4.78 is 11.1. The molecule has 0 N–H and O–H groups in total. The molecular formula is C30H38N2O2. The molecule has 0 saturated carbocycles. The van der Waals surface area contributed by atoms with Crippen LogP contribution in [-0.4, -0.2) is 55.7 Å². The fourth-order valence-electron chi connectivity index (χ4n) is 5.49. The fraction of sp³-hybridized carbons (Fsp3) is 0.400. The summed E-state index contributed by atoms with van der Waals surface area (Å²) in [5, 5.41) is 0. The predicted octanol–water partition coefficient (Wildman–Crippen LogP) is 5.82. The molecule has 1 saturated heterocycles. The lowest BCUT2D eigenvalue weighted by Gasteiger charge is -2.51. The average Bonchev–Trinajstić information content (AvgIpc) is 2.87. The Kier molecular flexibility index (Phi) is 7.91. The van der Waals surface area contributed by atoms with Crippen molar-refractivity contribution in [1.82, 2.24) is 9.80 Å². The highest BCUT2D eigenvalue weighted by atomic mass is 16.5. The Hall–Kier alpha value is -2.82. The zero-order valence-electron chi connectivity index (χ0n) is 21.0. The van der Waals surface area contributed by atoms with Crippen molar-refractivity contribution < 1.29 is 9.47 Å². The fourth-order valence-corrected chi connectivity index (χ4v) is 5.49. The van der Waals surface area contributed by atoms with Gasteiger partial charge in [0.25, 0.3) is 0 Å². The third kappa shape index (κ3) is 5.29. The highest BCUT2D eigenvalue weighted by Crippen LogP contribution is 2.36. The van der Waals surface area contributed by atoms with Crippen LogP contribution in [0.15, 0.2) is 78.9 Å². The number of hydrogen-bond donors (Lipinski definition) is 0. The first-order chi connectivity index (χ1) is 16.6. The average molecular weight is 459 g/mol. The van der Waals surface area contributed by atoms with Gasteiger partial charge in [0.2, 0.25) is 0 Å². The number of nitrogens with zero attached hydrogens (tertiary/aromatic N) is 2. The minimum Gasteiger partial charge on any atom is -0.493 e. The van der Waals surface area contributed by atoms with E-state index in [1.54, 1.807) is 14.2 Å². The summed E-state index contributed by atoms with van der Waals surface area (Å²) in [5.41, 5.74) is 3.99. The predicted molar refractivity (Wildman–Crippen MR) is 140 cm³/mol. The van der Waals surface area contributed by atoms with E-state index < -0.39 is 0 Å². The van der Waals surface area contributed by atoms with Crippen LogP contribution in [0.3, 0.4) is 0 Å². The maximum absolute atomic E-state index is 5.60. The topological polar surface area (TPSA) is 24.9 Å². The number of piperazine rings is 1. The van der Waals surface area contributed by atoms with Gasteiger partial charge in [-0.1, -0.05) is 73.7 Å². The van der Waals surface area contributed by atoms with Gasteiger partial charge in [-0.25, -0.2) is 0 Å². The molecule has 180 valence electrons. The molecular weight excluding hydrogens is 420 g/mol. The van der Waals surface area contributed by atoms with Crippen molar-refractivity contribution in [3.63, 3.8) is 0 Å². The largest absolute Gasteiger partial charge is 0.493 e. The Morgan fingerprint density at radius 3 is 2.00 bits per heavy atom. The van der Waals surface area contributed by atoms with Crippen LogP contribution in [-0.2, 0) is 6.42 Å². The molecule has 1 unspecified atom stereocenters. The monoisotopic (exact) mass is 458 g/mol. The first kappa shape index (κ1) is 24.3. The molecule has 0 radical (unpaired) electrons. The van der Waals surface area contributed by atoms with Crippen LogP contribution in [0.1, 0.15) is 43.0 Å². The second kappa shape index (κ2) is 11.1. The SMILES string of the molecule is CCCN1CCN(C(c2ccccc2)c2ccccc2)CC1(C)Cc1ccc(OC)c(OC)c1. The van der Waals surface area contributed by atoms with Gasteiger partial charge in [0.1, 0.15) is 0 Å². The maximum atomic E-state index is 5.60. The van der Waals surface area contributed by atoms with Crippen LogP contribution < -0.4 is 9.47 Å². The molecule has 0 aliphatic carbocycles. The Bertz CT molecular complexity index is 1000. The van der Waals surface area contributed by atoms with E-state index >= 15 is 0 Å². The van der Waals surface area contributed by atoms with Crippen molar-refractivity contribution in [1.29, 1.82) is 0 Å². The van der Waals surface area contributed by atoms with Crippen LogP contribution in [0.25, 0.3) is 0 Å². The van der Waals surface area contributed by atoms with Crippen LogP contribution in [0, 0.1) is 0 Å². The summed E-state index contributed by atoms with van der Waals surface area (Å²) in [6.07, 6.45) is 2.11. The van der Waals surface area contributed by atoms with Gasteiger partial charge in [0, 0.05) is 25.2 Å². The number of ether oxygens (including phenoxy) is 2. The van der Waals surface area contributed by atoms with Gasteiger partial charge in [0.05, 0.1) is 20.3 Å². The Balaban J connectivity index is 1.67. The zero-order valence-corrected chi connectivity index (χ0v) is 21.0. The van der Waals surface area contributed by atoms with Crippen molar-refractivity contribution in [2.24, 2.45) is 0 Å². The molecule has 1 aliphatic heterocycles. The van der Waals surface area contributed by atoms with Crippen molar-refractivity contribution in [3.05, 3.63) is 95.6 Å². The Morgan fingerprint density at radius 1 is 0.824 bits per heavy atom. The van der Waals surface area contributed by atoms with E-state index in [0.717, 1.165) is 50.5 Å². The van der Waals surface area contributed by atoms with E-state index in [1.165, 1.54) is 16.7 Å². The van der Waals surface area contributed by atoms with E-state index in [9.17, 15) is 0 Å². The van der Waals surface area contributed by atoms with E-state index in [0.29, 0.717) is 0 Å². The van der Waals surface area contributed by atoms with Gasteiger partial charge in [-0.05, 0) is 55.1 Å². The minimum atomic E-state index is 0.00959. The summed E-state index contributed by atoms with van der Waals surface area (Å²) >= 11 is 0. The zero-order chi connectivity index (χ0) is 24.0. The number of methoxy groups -OCH3 is 2. The number of hydrogen-bond acceptors (Lipinski definition) is 4. The number of rotatable bonds is 9. The molecule has 1 fully saturated rings. The van der Waals surface area contributed by atoms with E-state index in [-0.39, 0.29) is 11.6 Å². The molecule has 4 nitrogen and oxygen atoms in total. The van der Waals surface area contributed by atoms with Gasteiger partial charge >= 0.3 is 0 Å². The van der Waals surface area contributed by atoms with Gasteiger partial charge in [0.15, 0.2) is 11.5 Å². The van der Waals surface area contributed by atoms with Crippen molar-refractivity contribution >= 4 is 0 Å². The van der Waals surface area contributed by atoms with Crippen molar-refractivity contribution in [2.75, 3.05) is 40.4 Å². The molecule has 4 rings (SSSR count). The normalized spacial score (nSPS) is 19.3. The second-order valence-corrected chi connectivity index (χ2v) is 9.54. The quantitative estimate of drug-likeness (QED) is 0.403. The van der Waals surface area contributed by atoms with Crippen molar-refractivity contribution in [2.45, 2.75) is 38.3 Å².